The van der Waals surface area contributed by atoms with E-state index in [0.29, 0.717) is 0 Å². The van der Waals surface area contributed by atoms with Crippen LogP contribution >= 0.6 is 11.3 Å². The van der Waals surface area contributed by atoms with Gasteiger partial charge in [-0.1, -0.05) is 97.1 Å². The highest BCUT2D eigenvalue weighted by molar-refractivity contribution is 7.25. The number of hydrogen-bond acceptors (Lipinski definition) is 2. The average Bonchev–Trinajstić information content (AvgIpc) is 3.85. The predicted molar refractivity (Wildman–Crippen MR) is 217 cm³/mol. The van der Waals surface area contributed by atoms with Gasteiger partial charge in [0.2, 0.25) is 0 Å². The summed E-state index contributed by atoms with van der Waals surface area (Å²) in [5.74, 6) is 0. The van der Waals surface area contributed by atoms with E-state index in [2.05, 4.69) is 173 Å². The second-order valence-corrected chi connectivity index (χ2v) is 14.3. The van der Waals surface area contributed by atoms with Gasteiger partial charge in [-0.2, -0.15) is 0 Å². The van der Waals surface area contributed by atoms with Gasteiger partial charge in [0.25, 0.3) is 0 Å². The molecule has 0 N–H and O–H groups in total. The minimum absolute atomic E-state index is 1.01. The number of rotatable bonds is 4. The van der Waals surface area contributed by atoms with Crippen molar-refractivity contribution in [1.29, 1.82) is 0 Å². The molecule has 11 aromatic rings. The summed E-state index contributed by atoms with van der Waals surface area (Å²) in [4.78, 5) is 4.85. The van der Waals surface area contributed by atoms with Crippen LogP contribution in [0.2, 0.25) is 0 Å². The van der Waals surface area contributed by atoms with Gasteiger partial charge in [0.15, 0.2) is 0 Å². The lowest BCUT2D eigenvalue weighted by molar-refractivity contribution is 1.13. The first-order valence-corrected chi connectivity index (χ1v) is 18.1. The molecule has 0 atom stereocenters. The third-order valence-corrected chi connectivity index (χ3v) is 11.5. The fraction of sp³-hybridized carbons (Fsp3) is 0. The molecular formula is C47H29N3S. The third-order valence-electron chi connectivity index (χ3n) is 10.3. The number of nitrogens with zero attached hydrogens (tertiary/aromatic N) is 3. The van der Waals surface area contributed by atoms with Gasteiger partial charge in [-0.15, -0.1) is 11.3 Å². The van der Waals surface area contributed by atoms with Crippen LogP contribution in [0.15, 0.2) is 176 Å². The highest BCUT2D eigenvalue weighted by Gasteiger charge is 2.18. The van der Waals surface area contributed by atoms with E-state index in [1.165, 1.54) is 58.7 Å². The van der Waals surface area contributed by atoms with Crippen molar-refractivity contribution in [2.24, 2.45) is 0 Å². The molecule has 238 valence electrons. The van der Waals surface area contributed by atoms with Crippen LogP contribution in [-0.2, 0) is 0 Å². The predicted octanol–water partition coefficient (Wildman–Crippen LogP) is 13.0. The molecule has 0 fully saturated rings. The molecule has 0 aliphatic carbocycles. The Morgan fingerprint density at radius 2 is 0.902 bits per heavy atom. The van der Waals surface area contributed by atoms with Crippen molar-refractivity contribution >= 4 is 75.3 Å². The molecule has 4 aromatic heterocycles. The highest BCUT2D eigenvalue weighted by Crippen LogP contribution is 2.40. The molecule has 0 bridgehead atoms. The first-order chi connectivity index (χ1) is 25.3. The summed E-state index contributed by atoms with van der Waals surface area (Å²) in [7, 11) is 0. The molecule has 4 heterocycles. The minimum Gasteiger partial charge on any atom is -0.309 e. The lowest BCUT2D eigenvalue weighted by Gasteiger charge is -2.16. The maximum atomic E-state index is 4.85. The fourth-order valence-corrected chi connectivity index (χ4v) is 9.15. The SMILES string of the molecule is c1cc(-c2cc(-n3c4ccccc4c4ccccc43)cc(-n3c4ccccc4c4ncccc43)c2)cc(-c2ccc3sc4ccccc4c3c2)c1. The summed E-state index contributed by atoms with van der Waals surface area (Å²) < 4.78 is 7.44. The second-order valence-electron chi connectivity index (χ2n) is 13.2. The fourth-order valence-electron chi connectivity index (χ4n) is 8.07. The van der Waals surface area contributed by atoms with E-state index in [1.807, 2.05) is 23.6 Å². The Morgan fingerprint density at radius 3 is 1.65 bits per heavy atom. The summed E-state index contributed by atoms with van der Waals surface area (Å²) in [6.07, 6.45) is 1.89. The third kappa shape index (κ3) is 4.33. The first-order valence-electron chi connectivity index (χ1n) is 17.3. The molecule has 51 heavy (non-hydrogen) atoms. The van der Waals surface area contributed by atoms with E-state index in [-0.39, 0.29) is 0 Å². The van der Waals surface area contributed by atoms with Crippen molar-refractivity contribution < 1.29 is 0 Å². The Balaban J connectivity index is 1.17. The molecule has 0 aliphatic heterocycles. The van der Waals surface area contributed by atoms with E-state index >= 15 is 0 Å². The maximum absolute atomic E-state index is 4.85. The standard InChI is InChI=1S/C47H29N3S/c1-5-17-41-36(13-1)37-14-2-6-18-42(37)49(41)34-26-33(27-35(29-34)50-43-19-7-3-16-39(43)47-44(50)20-10-24-48-47)31-12-9-11-30(25-31)32-22-23-46-40(28-32)38-15-4-8-21-45(38)51-46/h1-29H. The molecule has 4 heteroatoms. The number of thiophene rings is 1. The Bertz CT molecular complexity index is 2920. The van der Waals surface area contributed by atoms with Crippen LogP contribution in [0, 0.1) is 0 Å². The van der Waals surface area contributed by atoms with E-state index in [9.17, 15) is 0 Å². The quantitative estimate of drug-likeness (QED) is 0.183. The summed E-state index contributed by atoms with van der Waals surface area (Å²) in [6, 6.07) is 61.9. The molecule has 3 nitrogen and oxygen atoms in total. The number of para-hydroxylation sites is 3. The molecule has 0 spiro atoms. The number of fused-ring (bicyclic) bond motifs is 9. The van der Waals surface area contributed by atoms with Gasteiger partial charge >= 0.3 is 0 Å². The van der Waals surface area contributed by atoms with Crippen molar-refractivity contribution in [3.63, 3.8) is 0 Å². The number of hydrogen-bond donors (Lipinski definition) is 0. The second kappa shape index (κ2) is 11.0. The lowest BCUT2D eigenvalue weighted by atomic mass is 9.97. The maximum Gasteiger partial charge on any atom is 0.0963 e. The zero-order chi connectivity index (χ0) is 33.5. The van der Waals surface area contributed by atoms with Crippen molar-refractivity contribution in [3.05, 3.63) is 176 Å². The van der Waals surface area contributed by atoms with Crippen molar-refractivity contribution in [1.82, 2.24) is 14.1 Å². The summed E-state index contributed by atoms with van der Waals surface area (Å²) in [6.45, 7) is 0. The van der Waals surface area contributed by atoms with Gasteiger partial charge in [-0.3, -0.25) is 4.98 Å². The zero-order valence-corrected chi connectivity index (χ0v) is 28.3. The van der Waals surface area contributed by atoms with Crippen LogP contribution < -0.4 is 0 Å². The first kappa shape index (κ1) is 28.4. The molecule has 0 radical (unpaired) electrons. The van der Waals surface area contributed by atoms with Crippen LogP contribution in [0.3, 0.4) is 0 Å². The van der Waals surface area contributed by atoms with Gasteiger partial charge in [-0.05, 0) is 95.1 Å². The van der Waals surface area contributed by atoms with Crippen molar-refractivity contribution in [2.75, 3.05) is 0 Å². The molecule has 0 aliphatic rings. The number of benzene rings is 7. The van der Waals surface area contributed by atoms with Crippen molar-refractivity contribution in [2.45, 2.75) is 0 Å². The van der Waals surface area contributed by atoms with Crippen molar-refractivity contribution in [3.8, 4) is 33.6 Å². The molecule has 11 rings (SSSR count). The van der Waals surface area contributed by atoms with Crippen LogP contribution in [0.4, 0.5) is 0 Å². The lowest BCUT2D eigenvalue weighted by Crippen LogP contribution is -2.00. The van der Waals surface area contributed by atoms with Gasteiger partial charge in [-0.25, -0.2) is 0 Å². The van der Waals surface area contributed by atoms with E-state index in [0.717, 1.165) is 38.9 Å². The Morgan fingerprint density at radius 1 is 0.353 bits per heavy atom. The number of aromatic nitrogens is 3. The van der Waals surface area contributed by atoms with E-state index in [1.54, 1.807) is 0 Å². The van der Waals surface area contributed by atoms with E-state index in [4.69, 9.17) is 4.98 Å². The van der Waals surface area contributed by atoms with Crippen LogP contribution in [-0.4, -0.2) is 14.1 Å². The topological polar surface area (TPSA) is 22.8 Å². The number of pyridine rings is 1. The average molecular weight is 668 g/mol. The normalized spacial score (nSPS) is 11.9. The van der Waals surface area contributed by atoms with Crippen LogP contribution in [0.5, 0.6) is 0 Å². The summed E-state index contributed by atoms with van der Waals surface area (Å²) in [5, 5.41) is 6.28. The summed E-state index contributed by atoms with van der Waals surface area (Å²) >= 11 is 1.86. The molecule has 0 saturated heterocycles. The summed E-state index contributed by atoms with van der Waals surface area (Å²) in [5.41, 5.74) is 12.6. The molecular weight excluding hydrogens is 639 g/mol. The molecule has 0 unspecified atom stereocenters. The zero-order valence-electron chi connectivity index (χ0n) is 27.5. The monoisotopic (exact) mass is 667 g/mol. The van der Waals surface area contributed by atoms with Gasteiger partial charge in [0, 0.05) is 53.9 Å². The smallest absolute Gasteiger partial charge is 0.0963 e. The molecule has 0 saturated carbocycles. The minimum atomic E-state index is 1.01. The Hall–Kier alpha value is -6.49. The van der Waals surface area contributed by atoms with Gasteiger partial charge in [0.05, 0.1) is 27.6 Å². The largest absolute Gasteiger partial charge is 0.309 e. The Labute approximate surface area is 297 Å². The van der Waals surface area contributed by atoms with Gasteiger partial charge in [0.1, 0.15) is 0 Å². The Kier molecular flexibility index (Phi) is 6.12. The molecule has 7 aromatic carbocycles. The molecule has 0 amide bonds. The van der Waals surface area contributed by atoms with Gasteiger partial charge < -0.3 is 9.13 Å². The highest BCUT2D eigenvalue weighted by atomic mass is 32.1. The van der Waals surface area contributed by atoms with Crippen LogP contribution in [0.25, 0.3) is 97.5 Å². The van der Waals surface area contributed by atoms with Crippen LogP contribution in [0.1, 0.15) is 0 Å². The van der Waals surface area contributed by atoms with E-state index < -0.39 is 0 Å².